The number of anilines is 1. The number of aliphatic hydroxyl groups excluding tert-OH is 1. The Morgan fingerprint density at radius 2 is 2.12 bits per heavy atom. The standard InChI is InChI=1S/C24H27FN4O3S/c25-18-4-3-16-10-17(23(27-21(16)11-18)28-7-5-19(30)6-8-28)13-29(14-20-2-1-9-32-20)24(31)22-12-26-15-33-22/h3-4,10-12,15,19-20,30H,1-2,5-9,13-14H2. The zero-order valence-electron chi connectivity index (χ0n) is 18.3. The van der Waals surface area contributed by atoms with E-state index in [1.165, 1.54) is 23.5 Å². The highest BCUT2D eigenvalue weighted by molar-refractivity contribution is 7.11. The van der Waals surface area contributed by atoms with E-state index in [0.29, 0.717) is 49.4 Å². The molecule has 1 atom stereocenters. The van der Waals surface area contributed by atoms with Crippen LogP contribution in [0.4, 0.5) is 10.2 Å². The first kappa shape index (κ1) is 22.2. The molecule has 0 bridgehead atoms. The lowest BCUT2D eigenvalue weighted by molar-refractivity contribution is 0.0511. The van der Waals surface area contributed by atoms with Gasteiger partial charge in [-0.25, -0.2) is 9.37 Å². The number of pyridine rings is 1. The van der Waals surface area contributed by atoms with Gasteiger partial charge in [0.2, 0.25) is 0 Å². The summed E-state index contributed by atoms with van der Waals surface area (Å²) >= 11 is 1.33. The van der Waals surface area contributed by atoms with Gasteiger partial charge >= 0.3 is 0 Å². The van der Waals surface area contributed by atoms with Crippen molar-refractivity contribution >= 4 is 34.0 Å². The van der Waals surface area contributed by atoms with Crippen molar-refractivity contribution < 1.29 is 19.0 Å². The largest absolute Gasteiger partial charge is 0.393 e. The number of hydrogen-bond acceptors (Lipinski definition) is 7. The number of piperidine rings is 1. The van der Waals surface area contributed by atoms with Crippen molar-refractivity contribution in [3.05, 3.63) is 52.2 Å². The molecule has 0 radical (unpaired) electrons. The molecule has 0 saturated carbocycles. The number of carbonyl (C=O) groups excluding carboxylic acids is 1. The van der Waals surface area contributed by atoms with Gasteiger partial charge in [-0.05, 0) is 43.9 Å². The number of aliphatic hydroxyl groups is 1. The molecule has 2 saturated heterocycles. The lowest BCUT2D eigenvalue weighted by Gasteiger charge is -2.33. The Balaban J connectivity index is 1.51. The molecule has 1 amide bonds. The molecule has 2 aliphatic heterocycles. The molecule has 2 aromatic heterocycles. The van der Waals surface area contributed by atoms with Crippen LogP contribution in [0.1, 0.15) is 40.9 Å². The number of hydrogen-bond donors (Lipinski definition) is 1. The van der Waals surface area contributed by atoms with E-state index >= 15 is 0 Å². The minimum absolute atomic E-state index is 0.0120. The number of amides is 1. The lowest BCUT2D eigenvalue weighted by atomic mass is 10.1. The normalized spacial score (nSPS) is 19.3. The Kier molecular flexibility index (Phi) is 6.52. The van der Waals surface area contributed by atoms with Gasteiger partial charge in [-0.3, -0.25) is 9.78 Å². The summed E-state index contributed by atoms with van der Waals surface area (Å²) < 4.78 is 19.7. The third kappa shape index (κ3) is 5.00. The Labute approximate surface area is 195 Å². The Hall–Kier alpha value is -2.62. The van der Waals surface area contributed by atoms with Gasteiger partial charge in [-0.1, -0.05) is 0 Å². The van der Waals surface area contributed by atoms with E-state index in [0.717, 1.165) is 36.2 Å². The molecule has 9 heteroatoms. The first-order chi connectivity index (χ1) is 16.1. The number of rotatable bonds is 6. The maximum atomic E-state index is 13.9. The molecule has 2 fully saturated rings. The van der Waals surface area contributed by atoms with E-state index in [1.807, 2.05) is 11.0 Å². The van der Waals surface area contributed by atoms with E-state index in [1.54, 1.807) is 17.8 Å². The van der Waals surface area contributed by atoms with Crippen LogP contribution in [-0.2, 0) is 11.3 Å². The number of ether oxygens (including phenoxy) is 1. The van der Waals surface area contributed by atoms with Crippen molar-refractivity contribution in [3.63, 3.8) is 0 Å². The highest BCUT2D eigenvalue weighted by Crippen LogP contribution is 2.29. The summed E-state index contributed by atoms with van der Waals surface area (Å²) in [4.78, 5) is 26.8. The van der Waals surface area contributed by atoms with E-state index in [-0.39, 0.29) is 23.9 Å². The number of carbonyl (C=O) groups is 1. The van der Waals surface area contributed by atoms with E-state index in [9.17, 15) is 14.3 Å². The fourth-order valence-electron chi connectivity index (χ4n) is 4.58. The molecule has 1 N–H and O–H groups in total. The van der Waals surface area contributed by atoms with Gasteiger partial charge in [0.15, 0.2) is 0 Å². The van der Waals surface area contributed by atoms with Gasteiger partial charge in [0.25, 0.3) is 5.91 Å². The van der Waals surface area contributed by atoms with Gasteiger partial charge < -0.3 is 19.6 Å². The maximum Gasteiger partial charge on any atom is 0.265 e. The van der Waals surface area contributed by atoms with Gasteiger partial charge in [-0.15, -0.1) is 11.3 Å². The SMILES string of the molecule is O=C(c1cncs1)N(Cc1cc2ccc(F)cc2nc1N1CCC(O)CC1)CC1CCCO1. The predicted molar refractivity (Wildman–Crippen MR) is 125 cm³/mol. The lowest BCUT2D eigenvalue weighted by Crippen LogP contribution is -2.39. The monoisotopic (exact) mass is 470 g/mol. The Bertz CT molecular complexity index is 1110. The average Bonchev–Trinajstić information content (AvgIpc) is 3.53. The molecule has 33 heavy (non-hydrogen) atoms. The van der Waals surface area contributed by atoms with Gasteiger partial charge in [0, 0.05) is 49.8 Å². The molecule has 1 unspecified atom stereocenters. The first-order valence-electron chi connectivity index (χ1n) is 11.4. The molecule has 7 nitrogen and oxygen atoms in total. The molecule has 0 spiro atoms. The van der Waals surface area contributed by atoms with Crippen LogP contribution in [0.3, 0.4) is 0 Å². The summed E-state index contributed by atoms with van der Waals surface area (Å²) in [5.41, 5.74) is 3.15. The minimum atomic E-state index is -0.330. The highest BCUT2D eigenvalue weighted by atomic mass is 32.1. The molecule has 174 valence electrons. The van der Waals surface area contributed by atoms with Crippen molar-refractivity contribution in [2.45, 2.75) is 44.4 Å². The van der Waals surface area contributed by atoms with Crippen LogP contribution in [0.15, 0.2) is 36.0 Å². The summed E-state index contributed by atoms with van der Waals surface area (Å²) in [6, 6.07) is 6.59. The molecular formula is C24H27FN4O3S. The number of thiazole rings is 1. The van der Waals surface area contributed by atoms with Crippen LogP contribution in [0.2, 0.25) is 0 Å². The molecule has 5 rings (SSSR count). The number of benzene rings is 1. The number of nitrogens with zero attached hydrogens (tertiary/aromatic N) is 4. The van der Waals surface area contributed by atoms with Crippen LogP contribution < -0.4 is 4.90 Å². The smallest absolute Gasteiger partial charge is 0.265 e. The molecule has 0 aliphatic carbocycles. The third-order valence-corrected chi connectivity index (χ3v) is 7.10. The van der Waals surface area contributed by atoms with Gasteiger partial charge in [0.1, 0.15) is 16.5 Å². The zero-order valence-corrected chi connectivity index (χ0v) is 19.1. The van der Waals surface area contributed by atoms with E-state index < -0.39 is 0 Å². The van der Waals surface area contributed by atoms with Gasteiger partial charge in [-0.2, -0.15) is 0 Å². The topological polar surface area (TPSA) is 78.8 Å². The van der Waals surface area contributed by atoms with Crippen LogP contribution in [0, 0.1) is 5.82 Å². The van der Waals surface area contributed by atoms with Crippen LogP contribution in [0.25, 0.3) is 10.9 Å². The fraction of sp³-hybridized carbons (Fsp3) is 0.458. The van der Waals surface area contributed by atoms with Crippen molar-refractivity contribution in [2.24, 2.45) is 0 Å². The van der Waals surface area contributed by atoms with Crippen LogP contribution >= 0.6 is 11.3 Å². The van der Waals surface area contributed by atoms with Crippen molar-refractivity contribution in [3.8, 4) is 0 Å². The second-order valence-electron chi connectivity index (χ2n) is 8.71. The third-order valence-electron chi connectivity index (χ3n) is 6.34. The minimum Gasteiger partial charge on any atom is -0.393 e. The molecule has 1 aromatic carbocycles. The van der Waals surface area contributed by atoms with Crippen molar-refractivity contribution in [1.82, 2.24) is 14.9 Å². The summed E-state index contributed by atoms with van der Waals surface area (Å²) in [6.45, 7) is 2.91. The maximum absolute atomic E-state index is 13.9. The van der Waals surface area contributed by atoms with Crippen LogP contribution in [-0.4, -0.2) is 64.3 Å². The quantitative estimate of drug-likeness (QED) is 0.593. The molecule has 4 heterocycles. The van der Waals surface area contributed by atoms with Gasteiger partial charge in [0.05, 0.1) is 29.4 Å². The highest BCUT2D eigenvalue weighted by Gasteiger charge is 2.27. The Morgan fingerprint density at radius 1 is 1.27 bits per heavy atom. The second-order valence-corrected chi connectivity index (χ2v) is 9.60. The van der Waals surface area contributed by atoms with E-state index in [2.05, 4.69) is 9.88 Å². The molecule has 2 aliphatic rings. The summed E-state index contributed by atoms with van der Waals surface area (Å²) in [5, 5.41) is 10.8. The number of fused-ring (bicyclic) bond motifs is 1. The number of halogens is 1. The average molecular weight is 471 g/mol. The molecule has 3 aromatic rings. The van der Waals surface area contributed by atoms with E-state index in [4.69, 9.17) is 9.72 Å². The zero-order chi connectivity index (χ0) is 22.8. The van der Waals surface area contributed by atoms with Crippen LogP contribution in [0.5, 0.6) is 0 Å². The number of aromatic nitrogens is 2. The van der Waals surface area contributed by atoms with Crippen molar-refractivity contribution in [2.75, 3.05) is 31.1 Å². The fourth-order valence-corrected chi connectivity index (χ4v) is 5.16. The summed E-state index contributed by atoms with van der Waals surface area (Å²) in [5.74, 6) is 0.338. The first-order valence-corrected chi connectivity index (χ1v) is 12.3. The molecular weight excluding hydrogens is 443 g/mol. The second kappa shape index (κ2) is 9.70. The Morgan fingerprint density at radius 3 is 2.85 bits per heavy atom. The predicted octanol–water partition coefficient (Wildman–Crippen LogP) is 3.61. The van der Waals surface area contributed by atoms with Crippen molar-refractivity contribution in [1.29, 1.82) is 0 Å². The summed E-state index contributed by atoms with van der Waals surface area (Å²) in [6.07, 6.45) is 4.54. The summed E-state index contributed by atoms with van der Waals surface area (Å²) in [7, 11) is 0.